The standard InChI is InChI=1S/C11H11BrN4O/c12-10-8(2-1-4-15-10)11(17)16-5-3-9-13-6-7-14-9/h1-2,4,6-7H,3,5H2,(H,13,14)(H,16,17). The molecule has 17 heavy (non-hydrogen) atoms. The first-order valence-electron chi connectivity index (χ1n) is 5.14. The van der Waals surface area contributed by atoms with Crippen LogP contribution in [0.15, 0.2) is 35.3 Å². The van der Waals surface area contributed by atoms with Crippen molar-refractivity contribution in [1.29, 1.82) is 0 Å². The maximum atomic E-state index is 11.8. The van der Waals surface area contributed by atoms with E-state index < -0.39 is 0 Å². The molecule has 0 bridgehead atoms. The van der Waals surface area contributed by atoms with E-state index >= 15 is 0 Å². The second-order valence-corrected chi connectivity index (χ2v) is 4.13. The molecule has 88 valence electrons. The summed E-state index contributed by atoms with van der Waals surface area (Å²) < 4.78 is 0.551. The summed E-state index contributed by atoms with van der Waals surface area (Å²) in [6.45, 7) is 0.535. The number of hydrogen-bond donors (Lipinski definition) is 2. The number of carbonyl (C=O) groups excluding carboxylic acids is 1. The van der Waals surface area contributed by atoms with E-state index in [1.54, 1.807) is 30.7 Å². The van der Waals surface area contributed by atoms with Crippen molar-refractivity contribution in [3.05, 3.63) is 46.7 Å². The highest BCUT2D eigenvalue weighted by molar-refractivity contribution is 9.10. The summed E-state index contributed by atoms with van der Waals surface area (Å²) >= 11 is 3.24. The van der Waals surface area contributed by atoms with Gasteiger partial charge in [-0.2, -0.15) is 0 Å². The maximum Gasteiger partial charge on any atom is 0.254 e. The number of halogens is 1. The minimum atomic E-state index is -0.142. The molecular formula is C11H11BrN4O. The molecule has 0 aliphatic heterocycles. The Morgan fingerprint density at radius 3 is 3.00 bits per heavy atom. The van der Waals surface area contributed by atoms with Crippen molar-refractivity contribution in [1.82, 2.24) is 20.3 Å². The van der Waals surface area contributed by atoms with Gasteiger partial charge in [0.15, 0.2) is 0 Å². The van der Waals surface area contributed by atoms with Gasteiger partial charge < -0.3 is 10.3 Å². The van der Waals surface area contributed by atoms with Gasteiger partial charge in [0.05, 0.1) is 5.56 Å². The average Bonchev–Trinajstić information content (AvgIpc) is 2.82. The zero-order valence-corrected chi connectivity index (χ0v) is 10.6. The molecule has 0 unspecified atom stereocenters. The van der Waals surface area contributed by atoms with Crippen molar-refractivity contribution >= 4 is 21.8 Å². The fourth-order valence-electron chi connectivity index (χ4n) is 1.38. The summed E-state index contributed by atoms with van der Waals surface area (Å²) in [5.41, 5.74) is 0.534. The second kappa shape index (κ2) is 5.58. The van der Waals surface area contributed by atoms with Crippen LogP contribution < -0.4 is 5.32 Å². The fourth-order valence-corrected chi connectivity index (χ4v) is 1.81. The van der Waals surface area contributed by atoms with Gasteiger partial charge in [-0.15, -0.1) is 0 Å². The number of imidazole rings is 1. The minimum absolute atomic E-state index is 0.142. The van der Waals surface area contributed by atoms with Gasteiger partial charge >= 0.3 is 0 Å². The number of rotatable bonds is 4. The number of amides is 1. The van der Waals surface area contributed by atoms with E-state index in [1.807, 2.05) is 0 Å². The third kappa shape index (κ3) is 3.13. The van der Waals surface area contributed by atoms with Crippen molar-refractivity contribution in [3.8, 4) is 0 Å². The van der Waals surface area contributed by atoms with E-state index in [0.29, 0.717) is 23.1 Å². The third-order valence-corrected chi connectivity index (χ3v) is 2.84. The van der Waals surface area contributed by atoms with Gasteiger partial charge in [0, 0.05) is 31.6 Å². The highest BCUT2D eigenvalue weighted by Gasteiger charge is 2.09. The summed E-state index contributed by atoms with van der Waals surface area (Å²) in [7, 11) is 0. The molecule has 2 aromatic heterocycles. The number of nitrogens with zero attached hydrogens (tertiary/aromatic N) is 2. The van der Waals surface area contributed by atoms with Gasteiger partial charge in [-0.3, -0.25) is 4.79 Å². The van der Waals surface area contributed by atoms with Gasteiger partial charge in [0.25, 0.3) is 5.91 Å². The van der Waals surface area contributed by atoms with Gasteiger partial charge in [-0.1, -0.05) is 0 Å². The van der Waals surface area contributed by atoms with E-state index in [4.69, 9.17) is 0 Å². The first kappa shape index (κ1) is 11.8. The van der Waals surface area contributed by atoms with Crippen molar-refractivity contribution in [2.24, 2.45) is 0 Å². The molecule has 0 radical (unpaired) electrons. The van der Waals surface area contributed by atoms with E-state index in [-0.39, 0.29) is 5.91 Å². The summed E-state index contributed by atoms with van der Waals surface area (Å²) in [6, 6.07) is 3.45. The predicted octanol–water partition coefficient (Wildman–Crippen LogP) is 1.54. The number of hydrogen-bond acceptors (Lipinski definition) is 3. The fraction of sp³-hybridized carbons (Fsp3) is 0.182. The van der Waals surface area contributed by atoms with E-state index in [1.165, 1.54) is 0 Å². The van der Waals surface area contributed by atoms with Crippen molar-refractivity contribution in [2.45, 2.75) is 6.42 Å². The molecule has 6 heteroatoms. The monoisotopic (exact) mass is 294 g/mol. The summed E-state index contributed by atoms with van der Waals surface area (Å²) in [5.74, 6) is 0.715. The molecule has 2 rings (SSSR count). The van der Waals surface area contributed by atoms with Gasteiger partial charge in [0.1, 0.15) is 10.4 Å². The Morgan fingerprint density at radius 1 is 1.41 bits per heavy atom. The Kier molecular flexibility index (Phi) is 3.87. The quantitative estimate of drug-likeness (QED) is 0.841. The van der Waals surface area contributed by atoms with Crippen LogP contribution in [-0.4, -0.2) is 27.4 Å². The molecule has 0 fully saturated rings. The molecule has 0 spiro atoms. The van der Waals surface area contributed by atoms with Crippen LogP contribution in [-0.2, 0) is 6.42 Å². The maximum absolute atomic E-state index is 11.8. The number of H-pyrrole nitrogens is 1. The van der Waals surface area contributed by atoms with Crippen LogP contribution in [0.25, 0.3) is 0 Å². The van der Waals surface area contributed by atoms with Crippen LogP contribution in [0.2, 0.25) is 0 Å². The van der Waals surface area contributed by atoms with Crippen molar-refractivity contribution < 1.29 is 4.79 Å². The molecule has 0 saturated heterocycles. The zero-order valence-electron chi connectivity index (χ0n) is 8.98. The lowest BCUT2D eigenvalue weighted by Gasteiger charge is -2.04. The molecule has 0 saturated carbocycles. The molecule has 0 aromatic carbocycles. The minimum Gasteiger partial charge on any atom is -0.352 e. The molecule has 0 aliphatic rings. The summed E-state index contributed by atoms with van der Waals surface area (Å²) in [4.78, 5) is 22.8. The first-order chi connectivity index (χ1) is 8.27. The predicted molar refractivity (Wildman–Crippen MR) is 66.6 cm³/mol. The lowest BCUT2D eigenvalue weighted by molar-refractivity contribution is 0.0953. The average molecular weight is 295 g/mol. The van der Waals surface area contributed by atoms with Crippen LogP contribution in [0.5, 0.6) is 0 Å². The summed E-state index contributed by atoms with van der Waals surface area (Å²) in [5, 5.41) is 2.81. The zero-order chi connectivity index (χ0) is 12.1. The van der Waals surface area contributed by atoms with Crippen LogP contribution in [0.4, 0.5) is 0 Å². The van der Waals surface area contributed by atoms with Crippen LogP contribution >= 0.6 is 15.9 Å². The molecule has 1 amide bonds. The van der Waals surface area contributed by atoms with Crippen molar-refractivity contribution in [2.75, 3.05) is 6.54 Å². The lowest BCUT2D eigenvalue weighted by Crippen LogP contribution is -2.26. The molecule has 2 aromatic rings. The highest BCUT2D eigenvalue weighted by atomic mass is 79.9. The molecule has 0 aliphatic carbocycles. The van der Waals surface area contributed by atoms with Gasteiger partial charge in [-0.25, -0.2) is 9.97 Å². The summed E-state index contributed by atoms with van der Waals surface area (Å²) in [6.07, 6.45) is 5.75. The van der Waals surface area contributed by atoms with E-state index in [9.17, 15) is 4.79 Å². The Bertz CT molecular complexity index is 498. The Labute approximate surface area is 107 Å². The SMILES string of the molecule is O=C(NCCc1ncc[nH]1)c1cccnc1Br. The Hall–Kier alpha value is -1.69. The number of aromatic amines is 1. The molecule has 5 nitrogen and oxygen atoms in total. The van der Waals surface area contributed by atoms with Crippen molar-refractivity contribution in [3.63, 3.8) is 0 Å². The topological polar surface area (TPSA) is 70.7 Å². The normalized spacial score (nSPS) is 10.2. The highest BCUT2D eigenvalue weighted by Crippen LogP contribution is 2.11. The molecule has 0 atom stereocenters. The third-order valence-electron chi connectivity index (χ3n) is 2.21. The molecule has 2 N–H and O–H groups in total. The van der Waals surface area contributed by atoms with Gasteiger partial charge in [0.2, 0.25) is 0 Å². The van der Waals surface area contributed by atoms with Crippen LogP contribution in [0.3, 0.4) is 0 Å². The second-order valence-electron chi connectivity index (χ2n) is 3.38. The van der Waals surface area contributed by atoms with Gasteiger partial charge in [-0.05, 0) is 28.1 Å². The molecular weight excluding hydrogens is 284 g/mol. The Balaban J connectivity index is 1.88. The van der Waals surface area contributed by atoms with Crippen LogP contribution in [0, 0.1) is 0 Å². The van der Waals surface area contributed by atoms with E-state index in [0.717, 1.165) is 5.82 Å². The number of pyridine rings is 1. The molecule has 2 heterocycles. The first-order valence-corrected chi connectivity index (χ1v) is 5.93. The lowest BCUT2D eigenvalue weighted by atomic mass is 10.2. The number of nitrogens with one attached hydrogen (secondary N) is 2. The largest absolute Gasteiger partial charge is 0.352 e. The van der Waals surface area contributed by atoms with Crippen LogP contribution in [0.1, 0.15) is 16.2 Å². The smallest absolute Gasteiger partial charge is 0.254 e. The number of aromatic nitrogens is 3. The number of carbonyl (C=O) groups is 1. The van der Waals surface area contributed by atoms with E-state index in [2.05, 4.69) is 36.2 Å². The Morgan fingerprint density at radius 2 is 2.29 bits per heavy atom.